The summed E-state index contributed by atoms with van der Waals surface area (Å²) in [5.74, 6) is -0.491. The summed E-state index contributed by atoms with van der Waals surface area (Å²) >= 11 is 0.815. The second-order valence-electron chi connectivity index (χ2n) is 4.69. The third-order valence-corrected chi connectivity index (χ3v) is 4.20. The molecule has 0 atom stereocenters. The van der Waals surface area contributed by atoms with Crippen LogP contribution < -0.4 is 5.32 Å². The minimum Gasteiger partial charge on any atom is -0.339 e. The second-order valence-corrected chi connectivity index (χ2v) is 5.75. The summed E-state index contributed by atoms with van der Waals surface area (Å²) in [5.41, 5.74) is 0. The Morgan fingerprint density at radius 1 is 1.43 bits per heavy atom. The van der Waals surface area contributed by atoms with Crippen molar-refractivity contribution in [3.8, 4) is 0 Å². The molecular formula is C12H16N4O4S. The zero-order valence-electron chi connectivity index (χ0n) is 11.6. The topological polar surface area (TPSA) is 95.8 Å². The molecular weight excluding hydrogens is 296 g/mol. The highest BCUT2D eigenvalue weighted by molar-refractivity contribution is 7.17. The molecule has 114 valence electrons. The van der Waals surface area contributed by atoms with Gasteiger partial charge in [-0.1, -0.05) is 11.3 Å². The van der Waals surface area contributed by atoms with Gasteiger partial charge in [0.2, 0.25) is 5.91 Å². The van der Waals surface area contributed by atoms with Crippen molar-refractivity contribution in [2.45, 2.75) is 0 Å². The number of likely N-dealkylation sites (N-methyl/N-ethyl adjacent to an activating group) is 1. The minimum absolute atomic E-state index is 0.0233. The van der Waals surface area contributed by atoms with Crippen LogP contribution in [0, 0.1) is 10.1 Å². The predicted molar refractivity (Wildman–Crippen MR) is 77.4 cm³/mol. The molecule has 1 aliphatic rings. The number of piperazine rings is 1. The first-order valence-electron chi connectivity index (χ1n) is 6.47. The van der Waals surface area contributed by atoms with Gasteiger partial charge in [-0.15, -0.1) is 0 Å². The van der Waals surface area contributed by atoms with Crippen LogP contribution in [0.3, 0.4) is 0 Å². The Labute approximate surface area is 125 Å². The number of nitrogens with zero attached hydrogens (tertiary/aromatic N) is 3. The first-order valence-corrected chi connectivity index (χ1v) is 7.29. The van der Waals surface area contributed by atoms with Gasteiger partial charge in [-0.05, 0) is 6.07 Å². The van der Waals surface area contributed by atoms with Gasteiger partial charge in [-0.2, -0.15) is 0 Å². The van der Waals surface area contributed by atoms with Gasteiger partial charge < -0.3 is 15.1 Å². The Morgan fingerprint density at radius 2 is 2.10 bits per heavy atom. The van der Waals surface area contributed by atoms with E-state index in [2.05, 4.69) is 5.32 Å². The summed E-state index contributed by atoms with van der Waals surface area (Å²) < 4.78 is 0. The number of amides is 2. The highest BCUT2D eigenvalue weighted by Gasteiger charge is 2.23. The van der Waals surface area contributed by atoms with Crippen molar-refractivity contribution in [1.82, 2.24) is 15.1 Å². The van der Waals surface area contributed by atoms with Crippen LogP contribution in [0.2, 0.25) is 0 Å². The van der Waals surface area contributed by atoms with E-state index >= 15 is 0 Å². The Hall–Kier alpha value is -2.00. The molecule has 1 aromatic rings. The van der Waals surface area contributed by atoms with Crippen LogP contribution in [0.1, 0.15) is 9.67 Å². The van der Waals surface area contributed by atoms with E-state index in [0.717, 1.165) is 24.4 Å². The number of hydrogen-bond donors (Lipinski definition) is 1. The van der Waals surface area contributed by atoms with Crippen LogP contribution in [-0.4, -0.2) is 66.3 Å². The van der Waals surface area contributed by atoms with Crippen LogP contribution in [0.4, 0.5) is 5.00 Å². The first-order chi connectivity index (χ1) is 9.99. The minimum atomic E-state index is -0.534. The SMILES string of the molecule is CN(CC(=O)N1CCNCC1)C(=O)c1ccc([N+](=O)[O-])s1. The number of rotatable bonds is 4. The van der Waals surface area contributed by atoms with Crippen molar-refractivity contribution in [3.05, 3.63) is 27.1 Å². The number of nitrogens with one attached hydrogen (secondary N) is 1. The van der Waals surface area contributed by atoms with Crippen molar-refractivity contribution in [1.29, 1.82) is 0 Å². The van der Waals surface area contributed by atoms with Crippen LogP contribution in [0.5, 0.6) is 0 Å². The van der Waals surface area contributed by atoms with E-state index in [1.54, 1.807) is 4.90 Å². The highest BCUT2D eigenvalue weighted by atomic mass is 32.1. The molecule has 2 rings (SSSR count). The van der Waals surface area contributed by atoms with Gasteiger partial charge in [0.1, 0.15) is 0 Å². The predicted octanol–water partition coefficient (Wildman–Crippen LogP) is 0.160. The van der Waals surface area contributed by atoms with Crippen LogP contribution in [0.25, 0.3) is 0 Å². The standard InChI is InChI=1S/C12H16N4O4S/c1-14(8-10(17)15-6-4-13-5-7-15)12(18)9-2-3-11(21-9)16(19)20/h2-3,13H,4-8H2,1H3. The summed E-state index contributed by atoms with van der Waals surface area (Å²) in [4.78, 5) is 37.5. The van der Waals surface area contributed by atoms with Gasteiger partial charge in [0.15, 0.2) is 0 Å². The molecule has 0 bridgehead atoms. The molecule has 8 nitrogen and oxygen atoms in total. The summed E-state index contributed by atoms with van der Waals surface area (Å²) in [6.45, 7) is 2.74. The third-order valence-electron chi connectivity index (χ3n) is 3.17. The van der Waals surface area contributed by atoms with Gasteiger partial charge in [0.25, 0.3) is 5.91 Å². The van der Waals surface area contributed by atoms with Crippen LogP contribution >= 0.6 is 11.3 Å². The van der Waals surface area contributed by atoms with Crippen molar-refractivity contribution >= 4 is 28.2 Å². The Bertz CT molecular complexity index is 553. The lowest BCUT2D eigenvalue weighted by Crippen LogP contribution is -2.49. The van der Waals surface area contributed by atoms with Crippen molar-refractivity contribution in [2.75, 3.05) is 39.8 Å². The fourth-order valence-electron chi connectivity index (χ4n) is 2.02. The van der Waals surface area contributed by atoms with Gasteiger partial charge in [-0.3, -0.25) is 19.7 Å². The van der Waals surface area contributed by atoms with Gasteiger partial charge in [0.05, 0.1) is 16.3 Å². The third kappa shape index (κ3) is 3.76. The Balaban J connectivity index is 1.95. The maximum Gasteiger partial charge on any atom is 0.324 e. The maximum atomic E-state index is 12.1. The van der Waals surface area contributed by atoms with Crippen molar-refractivity contribution in [2.24, 2.45) is 0 Å². The molecule has 1 saturated heterocycles. The summed E-state index contributed by atoms with van der Waals surface area (Å²) in [5, 5.41) is 13.7. The number of nitro groups is 1. The van der Waals surface area contributed by atoms with Crippen molar-refractivity contribution in [3.63, 3.8) is 0 Å². The summed E-state index contributed by atoms with van der Waals surface area (Å²) in [7, 11) is 1.52. The molecule has 0 unspecified atom stereocenters. The van der Waals surface area contributed by atoms with Gasteiger partial charge in [0, 0.05) is 39.3 Å². The number of hydrogen-bond acceptors (Lipinski definition) is 6. The highest BCUT2D eigenvalue weighted by Crippen LogP contribution is 2.24. The number of carbonyl (C=O) groups is 2. The van der Waals surface area contributed by atoms with E-state index in [4.69, 9.17) is 0 Å². The monoisotopic (exact) mass is 312 g/mol. The van der Waals surface area contributed by atoms with Crippen LogP contribution in [-0.2, 0) is 4.79 Å². The molecule has 1 fully saturated rings. The molecule has 1 N–H and O–H groups in total. The van der Waals surface area contributed by atoms with E-state index in [9.17, 15) is 19.7 Å². The quantitative estimate of drug-likeness (QED) is 0.631. The smallest absolute Gasteiger partial charge is 0.324 e. The zero-order valence-corrected chi connectivity index (χ0v) is 12.4. The summed E-state index contributed by atoms with van der Waals surface area (Å²) in [6.07, 6.45) is 0. The molecule has 0 saturated carbocycles. The largest absolute Gasteiger partial charge is 0.339 e. The Morgan fingerprint density at radius 3 is 2.67 bits per heavy atom. The summed E-state index contributed by atoms with van der Waals surface area (Å²) in [6, 6.07) is 2.71. The molecule has 0 radical (unpaired) electrons. The second kappa shape index (κ2) is 6.64. The molecule has 1 aromatic heterocycles. The lowest BCUT2D eigenvalue weighted by molar-refractivity contribution is -0.380. The normalized spacial score (nSPS) is 14.8. The lowest BCUT2D eigenvalue weighted by atomic mass is 10.3. The molecule has 1 aliphatic heterocycles. The zero-order chi connectivity index (χ0) is 15.4. The van der Waals surface area contributed by atoms with Gasteiger partial charge >= 0.3 is 5.00 Å². The average Bonchev–Trinajstić information content (AvgIpc) is 2.97. The molecule has 0 aliphatic carbocycles. The fraction of sp³-hybridized carbons (Fsp3) is 0.500. The van der Waals surface area contributed by atoms with E-state index in [1.807, 2.05) is 0 Å². The van der Waals surface area contributed by atoms with E-state index in [-0.39, 0.29) is 28.2 Å². The van der Waals surface area contributed by atoms with Gasteiger partial charge in [-0.25, -0.2) is 0 Å². The molecule has 0 spiro atoms. The fourth-order valence-corrected chi connectivity index (χ4v) is 2.83. The van der Waals surface area contributed by atoms with Crippen LogP contribution in [0.15, 0.2) is 12.1 Å². The molecule has 9 heteroatoms. The molecule has 2 amide bonds. The average molecular weight is 312 g/mol. The lowest BCUT2D eigenvalue weighted by Gasteiger charge is -2.29. The van der Waals surface area contributed by atoms with Crippen molar-refractivity contribution < 1.29 is 14.5 Å². The molecule has 2 heterocycles. The molecule has 21 heavy (non-hydrogen) atoms. The number of carbonyl (C=O) groups excluding carboxylic acids is 2. The molecule has 0 aromatic carbocycles. The van der Waals surface area contributed by atoms with E-state index in [0.29, 0.717) is 13.1 Å². The van der Waals surface area contributed by atoms with E-state index in [1.165, 1.54) is 24.1 Å². The first kappa shape index (κ1) is 15.4. The maximum absolute atomic E-state index is 12.1. The number of thiophene rings is 1. The Kier molecular flexibility index (Phi) is 4.86. The van der Waals surface area contributed by atoms with E-state index < -0.39 is 4.92 Å².